The molecule has 0 aliphatic heterocycles. The minimum absolute atomic E-state index is 0.285. The van der Waals surface area contributed by atoms with Crippen molar-refractivity contribution in [1.29, 1.82) is 0 Å². The maximum atomic E-state index is 12.1. The van der Waals surface area contributed by atoms with Gasteiger partial charge in [0.2, 0.25) is 0 Å². The second-order valence-electron chi connectivity index (χ2n) is 6.23. The van der Waals surface area contributed by atoms with Gasteiger partial charge in [-0.1, -0.05) is 42.5 Å². The summed E-state index contributed by atoms with van der Waals surface area (Å²) in [5.41, 5.74) is 10.5. The Kier molecular flexibility index (Phi) is 4.22. The summed E-state index contributed by atoms with van der Waals surface area (Å²) >= 11 is 0. The number of nitrogens with one attached hydrogen (secondary N) is 2. The first-order valence-corrected chi connectivity index (χ1v) is 8.56. The lowest BCUT2D eigenvalue weighted by Crippen LogP contribution is -2.19. The van der Waals surface area contributed by atoms with E-state index >= 15 is 0 Å². The molecular weight excluding hydrogens is 338 g/mol. The summed E-state index contributed by atoms with van der Waals surface area (Å²) in [5.74, 6) is 0.630. The van der Waals surface area contributed by atoms with Crippen LogP contribution in [0.3, 0.4) is 0 Å². The molecule has 2 amide bonds. The Morgan fingerprint density at radius 3 is 2.26 bits per heavy atom. The average molecular weight is 357 g/mol. The van der Waals surface area contributed by atoms with E-state index in [2.05, 4.69) is 15.7 Å². The first kappa shape index (κ1) is 16.7. The van der Waals surface area contributed by atoms with E-state index in [1.54, 1.807) is 4.68 Å². The normalized spacial score (nSPS) is 10.7. The van der Waals surface area contributed by atoms with Crippen LogP contribution in [-0.4, -0.2) is 15.8 Å². The molecule has 0 atom stereocenters. The molecule has 4 rings (SSSR count). The number of anilines is 3. The van der Waals surface area contributed by atoms with Crippen LogP contribution >= 0.6 is 0 Å². The summed E-state index contributed by atoms with van der Waals surface area (Å²) in [7, 11) is 1.83. The van der Waals surface area contributed by atoms with E-state index < -0.39 is 0 Å². The van der Waals surface area contributed by atoms with Crippen molar-refractivity contribution in [1.82, 2.24) is 9.78 Å². The number of hydrogen-bond acceptors (Lipinski definition) is 3. The van der Waals surface area contributed by atoms with Gasteiger partial charge in [0.25, 0.3) is 0 Å². The smallest absolute Gasteiger partial charge is 0.323 e. The third-order valence-corrected chi connectivity index (χ3v) is 4.39. The zero-order chi connectivity index (χ0) is 18.8. The molecule has 0 spiro atoms. The van der Waals surface area contributed by atoms with E-state index in [-0.39, 0.29) is 6.03 Å². The van der Waals surface area contributed by atoms with Crippen LogP contribution in [0.15, 0.2) is 72.8 Å². The van der Waals surface area contributed by atoms with Crippen molar-refractivity contribution in [3.63, 3.8) is 0 Å². The van der Waals surface area contributed by atoms with Gasteiger partial charge >= 0.3 is 6.03 Å². The molecule has 1 aromatic heterocycles. The number of nitrogens with zero attached hydrogens (tertiary/aromatic N) is 2. The summed E-state index contributed by atoms with van der Waals surface area (Å²) in [5, 5.41) is 11.0. The standard InChI is InChI=1S/C21H19N5O/c1-26-20(22)19-17(8-5-9-18(19)25-26)14-10-12-16(13-11-14)24-21(27)23-15-6-3-2-4-7-15/h2-13H,22H2,1H3,(H2,23,24,27). The summed E-state index contributed by atoms with van der Waals surface area (Å²) in [4.78, 5) is 12.1. The Labute approximate surface area is 156 Å². The van der Waals surface area contributed by atoms with Crippen molar-refractivity contribution in [3.8, 4) is 11.1 Å². The molecule has 0 saturated heterocycles. The molecule has 4 aromatic rings. The highest BCUT2D eigenvalue weighted by Gasteiger charge is 2.12. The molecule has 27 heavy (non-hydrogen) atoms. The molecule has 3 aromatic carbocycles. The second kappa shape index (κ2) is 6.84. The van der Waals surface area contributed by atoms with Gasteiger partial charge in [0, 0.05) is 18.4 Å². The van der Waals surface area contributed by atoms with Crippen molar-refractivity contribution in [3.05, 3.63) is 72.8 Å². The van der Waals surface area contributed by atoms with Crippen LogP contribution in [-0.2, 0) is 7.05 Å². The number of carbonyl (C=O) groups excluding carboxylic acids is 1. The van der Waals surface area contributed by atoms with Gasteiger partial charge in [0.05, 0.1) is 10.9 Å². The van der Waals surface area contributed by atoms with E-state index in [0.717, 1.165) is 27.7 Å². The molecular formula is C21H19N5O. The summed E-state index contributed by atoms with van der Waals surface area (Å²) in [6.07, 6.45) is 0. The van der Waals surface area contributed by atoms with E-state index in [0.29, 0.717) is 11.5 Å². The maximum Gasteiger partial charge on any atom is 0.323 e. The predicted octanol–water partition coefficient (Wildman–Crippen LogP) is 4.47. The highest BCUT2D eigenvalue weighted by atomic mass is 16.2. The topological polar surface area (TPSA) is 85.0 Å². The number of hydrogen-bond donors (Lipinski definition) is 3. The number of urea groups is 1. The number of fused-ring (bicyclic) bond motifs is 1. The molecule has 0 bridgehead atoms. The molecule has 0 aliphatic carbocycles. The van der Waals surface area contributed by atoms with Crippen molar-refractivity contribution >= 4 is 34.1 Å². The summed E-state index contributed by atoms with van der Waals surface area (Å²) in [6, 6.07) is 22.6. The van der Waals surface area contributed by atoms with E-state index in [9.17, 15) is 4.79 Å². The predicted molar refractivity (Wildman–Crippen MR) is 110 cm³/mol. The minimum atomic E-state index is -0.285. The van der Waals surface area contributed by atoms with Crippen LogP contribution < -0.4 is 16.4 Å². The van der Waals surface area contributed by atoms with E-state index in [1.165, 1.54) is 0 Å². The fourth-order valence-electron chi connectivity index (χ4n) is 3.06. The van der Waals surface area contributed by atoms with E-state index in [1.807, 2.05) is 79.8 Å². The number of carbonyl (C=O) groups is 1. The summed E-state index contributed by atoms with van der Waals surface area (Å²) < 4.78 is 1.68. The zero-order valence-electron chi connectivity index (χ0n) is 14.8. The number of benzene rings is 3. The zero-order valence-corrected chi connectivity index (χ0v) is 14.8. The molecule has 4 N–H and O–H groups in total. The molecule has 1 heterocycles. The minimum Gasteiger partial charge on any atom is -0.383 e. The van der Waals surface area contributed by atoms with Crippen molar-refractivity contribution in [2.24, 2.45) is 7.05 Å². The Bertz CT molecular complexity index is 1100. The van der Waals surface area contributed by atoms with Crippen LogP contribution in [0.2, 0.25) is 0 Å². The maximum absolute atomic E-state index is 12.1. The molecule has 6 heteroatoms. The van der Waals surface area contributed by atoms with Crippen LogP contribution in [0, 0.1) is 0 Å². The van der Waals surface area contributed by atoms with Gasteiger partial charge in [0.1, 0.15) is 5.82 Å². The molecule has 0 aliphatic rings. The Hall–Kier alpha value is -3.80. The quantitative estimate of drug-likeness (QED) is 0.506. The summed E-state index contributed by atoms with van der Waals surface area (Å²) in [6.45, 7) is 0. The fraction of sp³-hybridized carbons (Fsp3) is 0.0476. The number of aryl methyl sites for hydroxylation is 1. The second-order valence-corrected chi connectivity index (χ2v) is 6.23. The Balaban J connectivity index is 1.55. The lowest BCUT2D eigenvalue weighted by Gasteiger charge is -2.09. The average Bonchev–Trinajstić information content (AvgIpc) is 2.97. The lowest BCUT2D eigenvalue weighted by molar-refractivity contribution is 0.262. The molecule has 0 fully saturated rings. The van der Waals surface area contributed by atoms with Crippen LogP contribution in [0.1, 0.15) is 0 Å². The molecule has 134 valence electrons. The Morgan fingerprint density at radius 2 is 1.56 bits per heavy atom. The third-order valence-electron chi connectivity index (χ3n) is 4.39. The number of rotatable bonds is 3. The Morgan fingerprint density at radius 1 is 0.889 bits per heavy atom. The van der Waals surface area contributed by atoms with E-state index in [4.69, 9.17) is 5.73 Å². The number of nitrogens with two attached hydrogens (primary N) is 1. The number of aromatic nitrogens is 2. The third kappa shape index (κ3) is 3.32. The molecule has 0 saturated carbocycles. The first-order valence-electron chi connectivity index (χ1n) is 8.56. The lowest BCUT2D eigenvalue weighted by atomic mass is 10.0. The molecule has 0 unspecified atom stereocenters. The monoisotopic (exact) mass is 357 g/mol. The number of nitrogen functional groups attached to an aromatic ring is 1. The first-order chi connectivity index (χ1) is 13.1. The van der Waals surface area contributed by atoms with Gasteiger partial charge in [0.15, 0.2) is 0 Å². The van der Waals surface area contributed by atoms with Gasteiger partial charge in [-0.15, -0.1) is 0 Å². The highest BCUT2D eigenvalue weighted by Crippen LogP contribution is 2.32. The van der Waals surface area contributed by atoms with Gasteiger partial charge in [-0.2, -0.15) is 5.10 Å². The van der Waals surface area contributed by atoms with Gasteiger partial charge in [-0.25, -0.2) is 4.79 Å². The van der Waals surface area contributed by atoms with Crippen molar-refractivity contribution < 1.29 is 4.79 Å². The van der Waals surface area contributed by atoms with Gasteiger partial charge < -0.3 is 16.4 Å². The van der Waals surface area contributed by atoms with Crippen molar-refractivity contribution in [2.45, 2.75) is 0 Å². The number of amides is 2. The van der Waals surface area contributed by atoms with Crippen molar-refractivity contribution in [2.75, 3.05) is 16.4 Å². The van der Waals surface area contributed by atoms with Crippen LogP contribution in [0.5, 0.6) is 0 Å². The highest BCUT2D eigenvalue weighted by molar-refractivity contribution is 6.02. The number of para-hydroxylation sites is 1. The van der Waals surface area contributed by atoms with Gasteiger partial charge in [-0.05, 0) is 41.5 Å². The molecule has 0 radical (unpaired) electrons. The van der Waals surface area contributed by atoms with Crippen LogP contribution in [0.25, 0.3) is 22.0 Å². The molecule has 6 nitrogen and oxygen atoms in total. The largest absolute Gasteiger partial charge is 0.383 e. The van der Waals surface area contributed by atoms with Crippen LogP contribution in [0.4, 0.5) is 22.0 Å². The van der Waals surface area contributed by atoms with Gasteiger partial charge in [-0.3, -0.25) is 4.68 Å². The fourth-order valence-corrected chi connectivity index (χ4v) is 3.06. The SMILES string of the molecule is Cn1nc2cccc(-c3ccc(NC(=O)Nc4ccccc4)cc3)c2c1N.